The molecule has 0 aromatic heterocycles. The van der Waals surface area contributed by atoms with Crippen molar-refractivity contribution in [3.8, 4) is 0 Å². The largest absolute Gasteiger partial charge is 0.550 e. The minimum absolute atomic E-state index is 0.0837. The van der Waals surface area contributed by atoms with E-state index >= 15 is 0 Å². The van der Waals surface area contributed by atoms with Crippen LogP contribution < -0.4 is 5.11 Å². The number of Topliss-reactive ketones (excluding diaryl/α,β-unsaturated/α-hetero) is 1. The third-order valence-corrected chi connectivity index (χ3v) is 2.75. The van der Waals surface area contributed by atoms with Crippen molar-refractivity contribution in [2.45, 2.75) is 31.8 Å². The van der Waals surface area contributed by atoms with Crippen LogP contribution in [0.1, 0.15) is 26.2 Å². The van der Waals surface area contributed by atoms with Crippen molar-refractivity contribution in [1.29, 1.82) is 0 Å². The molecule has 0 saturated carbocycles. The predicted molar refractivity (Wildman–Crippen MR) is 68.5 cm³/mol. The number of aliphatic carboxylic acids is 2. The van der Waals surface area contributed by atoms with Crippen molar-refractivity contribution >= 4 is 17.7 Å². The van der Waals surface area contributed by atoms with Gasteiger partial charge in [0.15, 0.2) is 11.4 Å². The van der Waals surface area contributed by atoms with E-state index in [0.717, 1.165) is 0 Å². The lowest BCUT2D eigenvalue weighted by Gasteiger charge is -2.35. The summed E-state index contributed by atoms with van der Waals surface area (Å²) in [7, 11) is 5.15. The lowest BCUT2D eigenvalue weighted by Crippen LogP contribution is -2.56. The van der Waals surface area contributed by atoms with Crippen molar-refractivity contribution in [1.82, 2.24) is 0 Å². The quantitative estimate of drug-likeness (QED) is 0.506. The van der Waals surface area contributed by atoms with Crippen molar-refractivity contribution in [2.24, 2.45) is 5.92 Å². The van der Waals surface area contributed by atoms with E-state index in [-0.39, 0.29) is 23.9 Å². The van der Waals surface area contributed by atoms with E-state index in [0.29, 0.717) is 0 Å². The van der Waals surface area contributed by atoms with Gasteiger partial charge in [0.1, 0.15) is 6.54 Å². The maximum absolute atomic E-state index is 12.1. The Morgan fingerprint density at radius 2 is 1.70 bits per heavy atom. The zero-order chi connectivity index (χ0) is 16.1. The molecule has 0 aliphatic carbocycles. The number of hydrogen-bond donors (Lipinski definition) is 2. The van der Waals surface area contributed by atoms with E-state index in [1.54, 1.807) is 28.1 Å². The number of quaternary nitrogens is 1. The van der Waals surface area contributed by atoms with Crippen LogP contribution in [0, 0.1) is 5.92 Å². The third-order valence-electron chi connectivity index (χ3n) is 2.75. The van der Waals surface area contributed by atoms with Gasteiger partial charge in [0, 0.05) is 25.2 Å². The number of carboxylic acids is 2. The normalized spacial score (nSPS) is 16.2. The standard InChI is InChI=1S/C13H23NO6/c1-9(6-11(16)17)5-10(15)13(20,7-12(18)19)8-14(2,3)4/h9,20H,5-8H2,1-4H3,(H-,16,17,18,19)/t9?,13-/m1/s1. The lowest BCUT2D eigenvalue weighted by molar-refractivity contribution is -0.875. The van der Waals surface area contributed by atoms with Crippen molar-refractivity contribution in [2.75, 3.05) is 27.7 Å². The fraction of sp³-hybridized carbons (Fsp3) is 0.769. The number of carbonyl (C=O) groups is 3. The Balaban J connectivity index is 4.98. The molecule has 0 amide bonds. The van der Waals surface area contributed by atoms with Crippen LogP contribution in [0.4, 0.5) is 0 Å². The lowest BCUT2D eigenvalue weighted by atomic mass is 9.86. The summed E-state index contributed by atoms with van der Waals surface area (Å²) in [5.41, 5.74) is -2.04. The van der Waals surface area contributed by atoms with Crippen LogP contribution in [-0.2, 0) is 14.4 Å². The van der Waals surface area contributed by atoms with Gasteiger partial charge in [0.05, 0.1) is 21.1 Å². The Hall–Kier alpha value is -1.47. The summed E-state index contributed by atoms with van der Waals surface area (Å²) in [6.07, 6.45) is -1.19. The van der Waals surface area contributed by atoms with Gasteiger partial charge in [0.2, 0.25) is 0 Å². The summed E-state index contributed by atoms with van der Waals surface area (Å²) >= 11 is 0. The SMILES string of the molecule is CC(CC(=O)O)CC(=O)[C@@](O)(CC(=O)[O-])C[N+](C)(C)C. The summed E-state index contributed by atoms with van der Waals surface area (Å²) in [4.78, 5) is 33.4. The molecule has 116 valence electrons. The molecular weight excluding hydrogens is 266 g/mol. The van der Waals surface area contributed by atoms with Gasteiger partial charge in [-0.1, -0.05) is 6.92 Å². The zero-order valence-corrected chi connectivity index (χ0v) is 12.4. The first-order chi connectivity index (χ1) is 8.85. The maximum atomic E-state index is 12.1. The second-order valence-electron chi connectivity index (χ2n) is 6.36. The first-order valence-corrected chi connectivity index (χ1v) is 6.33. The van der Waals surface area contributed by atoms with Crippen LogP contribution in [0.2, 0.25) is 0 Å². The van der Waals surface area contributed by atoms with E-state index in [1.165, 1.54) is 0 Å². The molecule has 2 N–H and O–H groups in total. The minimum Gasteiger partial charge on any atom is -0.550 e. The van der Waals surface area contributed by atoms with Crippen LogP contribution in [0.3, 0.4) is 0 Å². The Labute approximate surface area is 118 Å². The number of likely N-dealkylation sites (N-methyl/N-ethyl adjacent to an activating group) is 1. The first-order valence-electron chi connectivity index (χ1n) is 6.33. The molecule has 0 aromatic carbocycles. The van der Waals surface area contributed by atoms with Crippen LogP contribution in [0.25, 0.3) is 0 Å². The van der Waals surface area contributed by atoms with Crippen LogP contribution >= 0.6 is 0 Å². The van der Waals surface area contributed by atoms with Gasteiger partial charge in [-0.25, -0.2) is 0 Å². The molecule has 1 unspecified atom stereocenters. The summed E-state index contributed by atoms with van der Waals surface area (Å²) in [6, 6.07) is 0. The molecule has 7 heteroatoms. The maximum Gasteiger partial charge on any atom is 0.303 e. The summed E-state index contributed by atoms with van der Waals surface area (Å²) in [5.74, 6) is -3.69. The summed E-state index contributed by atoms with van der Waals surface area (Å²) in [5, 5.41) is 29.7. The highest BCUT2D eigenvalue weighted by Gasteiger charge is 2.41. The second-order valence-corrected chi connectivity index (χ2v) is 6.36. The van der Waals surface area contributed by atoms with Gasteiger partial charge in [-0.15, -0.1) is 0 Å². The number of rotatable bonds is 9. The van der Waals surface area contributed by atoms with E-state index in [1.807, 2.05) is 0 Å². The van der Waals surface area contributed by atoms with E-state index in [4.69, 9.17) is 5.11 Å². The molecular formula is C13H23NO6. The van der Waals surface area contributed by atoms with Crippen LogP contribution in [-0.4, -0.2) is 65.7 Å². The number of nitrogens with zero attached hydrogens (tertiary/aromatic N) is 1. The average molecular weight is 289 g/mol. The number of hydrogen-bond acceptors (Lipinski definition) is 5. The van der Waals surface area contributed by atoms with Crippen molar-refractivity contribution in [3.63, 3.8) is 0 Å². The highest BCUT2D eigenvalue weighted by atomic mass is 16.4. The van der Waals surface area contributed by atoms with E-state index in [2.05, 4.69) is 0 Å². The Kier molecular flexibility index (Phi) is 6.31. The molecule has 7 nitrogen and oxygen atoms in total. The summed E-state index contributed by atoms with van der Waals surface area (Å²) < 4.78 is 0.197. The zero-order valence-electron chi connectivity index (χ0n) is 12.4. The van der Waals surface area contributed by atoms with Gasteiger partial charge in [-0.2, -0.15) is 0 Å². The highest BCUT2D eigenvalue weighted by molar-refractivity contribution is 5.91. The van der Waals surface area contributed by atoms with Gasteiger partial charge < -0.3 is 24.6 Å². The number of carbonyl (C=O) groups excluding carboxylic acids is 2. The molecule has 2 atom stereocenters. The number of ketones is 1. The van der Waals surface area contributed by atoms with Crippen molar-refractivity contribution < 1.29 is 34.2 Å². The molecule has 0 radical (unpaired) electrons. The topological polar surface area (TPSA) is 115 Å². The molecule has 0 saturated heterocycles. The van der Waals surface area contributed by atoms with Gasteiger partial charge in [0.25, 0.3) is 0 Å². The molecule has 20 heavy (non-hydrogen) atoms. The predicted octanol–water partition coefficient (Wildman–Crippen LogP) is -1.37. The number of carboxylic acid groups (broad SMARTS) is 2. The van der Waals surface area contributed by atoms with Gasteiger partial charge >= 0.3 is 5.97 Å². The third kappa shape index (κ3) is 7.20. The minimum atomic E-state index is -2.04. The van der Waals surface area contributed by atoms with Crippen LogP contribution in [0.15, 0.2) is 0 Å². The van der Waals surface area contributed by atoms with E-state index in [9.17, 15) is 24.6 Å². The van der Waals surface area contributed by atoms with Gasteiger partial charge in [-0.05, 0) is 5.92 Å². The van der Waals surface area contributed by atoms with Crippen molar-refractivity contribution in [3.05, 3.63) is 0 Å². The van der Waals surface area contributed by atoms with Gasteiger partial charge in [-0.3, -0.25) is 9.59 Å². The summed E-state index contributed by atoms with van der Waals surface area (Å²) in [6.45, 7) is 1.48. The first kappa shape index (κ1) is 18.5. The number of aliphatic hydroxyl groups is 1. The van der Waals surface area contributed by atoms with Crippen LogP contribution in [0.5, 0.6) is 0 Å². The Morgan fingerprint density at radius 3 is 2.05 bits per heavy atom. The molecule has 0 spiro atoms. The fourth-order valence-electron chi connectivity index (χ4n) is 2.14. The average Bonchev–Trinajstić information content (AvgIpc) is 2.10. The van der Waals surface area contributed by atoms with E-state index < -0.39 is 35.7 Å². The molecule has 0 heterocycles. The Morgan fingerprint density at radius 1 is 1.20 bits per heavy atom. The molecule has 0 fully saturated rings. The molecule has 0 aliphatic rings. The molecule has 0 bridgehead atoms. The second kappa shape index (κ2) is 6.81. The monoisotopic (exact) mass is 289 g/mol. The molecule has 0 aliphatic heterocycles. The highest BCUT2D eigenvalue weighted by Crippen LogP contribution is 2.21. The Bertz CT molecular complexity index is 387. The smallest absolute Gasteiger partial charge is 0.303 e. The fourth-order valence-corrected chi connectivity index (χ4v) is 2.14. The molecule has 0 rings (SSSR count). The molecule has 0 aromatic rings.